The van der Waals surface area contributed by atoms with E-state index in [1.165, 1.54) is 0 Å². The van der Waals surface area contributed by atoms with E-state index in [1.807, 2.05) is 69.3 Å². The van der Waals surface area contributed by atoms with Crippen LogP contribution in [0.4, 0.5) is 16.2 Å². The fourth-order valence-electron chi connectivity index (χ4n) is 2.42. The van der Waals surface area contributed by atoms with E-state index in [9.17, 15) is 4.79 Å². The Labute approximate surface area is 164 Å². The zero-order chi connectivity index (χ0) is 19.2. The number of benzene rings is 2. The molecule has 1 N–H and O–H groups in total. The second-order valence-corrected chi connectivity index (χ2v) is 8.00. The van der Waals surface area contributed by atoms with Crippen LogP contribution >= 0.6 is 15.9 Å². The van der Waals surface area contributed by atoms with Gasteiger partial charge in [-0.2, -0.15) is 0 Å². The van der Waals surface area contributed by atoms with Gasteiger partial charge in [-0.3, -0.25) is 4.90 Å². The quantitative estimate of drug-likeness (QED) is 0.605. The molecule has 0 unspecified atom stereocenters. The molecule has 2 rings (SSSR count). The predicted molar refractivity (Wildman–Crippen MR) is 112 cm³/mol. The van der Waals surface area contributed by atoms with Gasteiger partial charge in [-0.25, -0.2) is 4.79 Å². The Kier molecular flexibility index (Phi) is 7.09. The Morgan fingerprint density at radius 1 is 1.15 bits per heavy atom. The van der Waals surface area contributed by atoms with Gasteiger partial charge in [0.15, 0.2) is 0 Å². The molecule has 5 heteroatoms. The first-order valence-corrected chi connectivity index (χ1v) is 9.67. The lowest BCUT2D eigenvalue weighted by atomic mass is 10.2. The van der Waals surface area contributed by atoms with E-state index in [0.717, 1.165) is 34.4 Å². The lowest BCUT2D eigenvalue weighted by molar-refractivity contribution is 0.0577. The second kappa shape index (κ2) is 9.08. The zero-order valence-electron chi connectivity index (χ0n) is 15.9. The van der Waals surface area contributed by atoms with E-state index in [1.54, 1.807) is 4.90 Å². The molecule has 26 heavy (non-hydrogen) atoms. The highest BCUT2D eigenvalue weighted by Crippen LogP contribution is 2.30. The third kappa shape index (κ3) is 6.06. The number of nitrogens with zero attached hydrogens (tertiary/aromatic N) is 1. The number of carbonyl (C=O) groups is 1. The molecule has 0 aromatic heterocycles. The molecule has 0 radical (unpaired) electrons. The van der Waals surface area contributed by atoms with Crippen molar-refractivity contribution >= 4 is 33.4 Å². The molecule has 0 saturated heterocycles. The maximum Gasteiger partial charge on any atom is 0.415 e. The lowest BCUT2D eigenvalue weighted by Crippen LogP contribution is -2.36. The van der Waals surface area contributed by atoms with Crippen LogP contribution in [0.2, 0.25) is 0 Å². The van der Waals surface area contributed by atoms with E-state index in [-0.39, 0.29) is 6.09 Å². The molecule has 0 fully saturated rings. The average molecular weight is 419 g/mol. The maximum absolute atomic E-state index is 12.8. The summed E-state index contributed by atoms with van der Waals surface area (Å²) in [7, 11) is 0. The Morgan fingerprint density at radius 3 is 2.42 bits per heavy atom. The molecular formula is C21H27BrN2O2. The SMILES string of the molecule is CCCNc1ccc(N(Cc2ccccc2)C(=O)OC(C)(C)C)cc1Br. The first-order chi connectivity index (χ1) is 12.3. The highest BCUT2D eigenvalue weighted by molar-refractivity contribution is 9.10. The first-order valence-electron chi connectivity index (χ1n) is 8.88. The number of hydrogen-bond donors (Lipinski definition) is 1. The Balaban J connectivity index is 2.30. The number of halogens is 1. The van der Waals surface area contributed by atoms with Crippen LogP contribution in [0, 0.1) is 0 Å². The number of hydrogen-bond acceptors (Lipinski definition) is 3. The molecule has 0 heterocycles. The molecule has 0 aliphatic rings. The third-order valence-electron chi connectivity index (χ3n) is 3.63. The van der Waals surface area contributed by atoms with Gasteiger partial charge in [0.2, 0.25) is 0 Å². The minimum Gasteiger partial charge on any atom is -0.443 e. The van der Waals surface area contributed by atoms with Crippen LogP contribution in [-0.2, 0) is 11.3 Å². The smallest absolute Gasteiger partial charge is 0.415 e. The monoisotopic (exact) mass is 418 g/mol. The Bertz CT molecular complexity index is 727. The van der Waals surface area contributed by atoms with Crippen LogP contribution in [0.5, 0.6) is 0 Å². The van der Waals surface area contributed by atoms with Crippen molar-refractivity contribution in [2.75, 3.05) is 16.8 Å². The predicted octanol–water partition coefficient (Wildman–Crippen LogP) is 6.21. The van der Waals surface area contributed by atoms with E-state index in [4.69, 9.17) is 4.74 Å². The molecule has 4 nitrogen and oxygen atoms in total. The van der Waals surface area contributed by atoms with Gasteiger partial charge < -0.3 is 10.1 Å². The van der Waals surface area contributed by atoms with Gasteiger partial charge in [0, 0.05) is 22.4 Å². The summed E-state index contributed by atoms with van der Waals surface area (Å²) in [6, 6.07) is 15.8. The maximum atomic E-state index is 12.8. The summed E-state index contributed by atoms with van der Waals surface area (Å²) in [6.45, 7) is 9.10. The molecule has 0 aliphatic carbocycles. The summed E-state index contributed by atoms with van der Waals surface area (Å²) in [6.07, 6.45) is 0.689. The highest BCUT2D eigenvalue weighted by atomic mass is 79.9. The third-order valence-corrected chi connectivity index (χ3v) is 4.28. The fourth-order valence-corrected chi connectivity index (χ4v) is 2.93. The standard InChI is InChI=1S/C21H27BrN2O2/c1-5-13-23-19-12-11-17(14-18(19)22)24(20(25)26-21(2,3)4)15-16-9-7-6-8-10-16/h6-12,14,23H,5,13,15H2,1-4H3. The first kappa shape index (κ1) is 20.3. The van der Waals surface area contributed by atoms with Crippen LogP contribution in [-0.4, -0.2) is 18.2 Å². The Morgan fingerprint density at radius 2 is 1.85 bits per heavy atom. The molecule has 0 spiro atoms. The summed E-state index contributed by atoms with van der Waals surface area (Å²) >= 11 is 3.60. The average Bonchev–Trinajstić information content (AvgIpc) is 2.58. The summed E-state index contributed by atoms with van der Waals surface area (Å²) < 4.78 is 6.54. The van der Waals surface area contributed by atoms with Gasteiger partial charge in [0.05, 0.1) is 6.54 Å². The summed E-state index contributed by atoms with van der Waals surface area (Å²) in [4.78, 5) is 14.5. The topological polar surface area (TPSA) is 41.6 Å². The van der Waals surface area contributed by atoms with Crippen molar-refractivity contribution < 1.29 is 9.53 Å². The normalized spacial score (nSPS) is 11.1. The van der Waals surface area contributed by atoms with E-state index in [2.05, 4.69) is 28.2 Å². The van der Waals surface area contributed by atoms with Crippen molar-refractivity contribution in [3.05, 3.63) is 58.6 Å². The van der Waals surface area contributed by atoms with Crippen molar-refractivity contribution in [1.29, 1.82) is 0 Å². The van der Waals surface area contributed by atoms with Crippen LogP contribution < -0.4 is 10.2 Å². The number of anilines is 2. The largest absolute Gasteiger partial charge is 0.443 e. The van der Waals surface area contributed by atoms with Gasteiger partial charge in [0.1, 0.15) is 5.60 Å². The molecule has 0 atom stereocenters. The molecular weight excluding hydrogens is 392 g/mol. The van der Waals surface area contributed by atoms with Crippen molar-refractivity contribution in [2.45, 2.75) is 46.3 Å². The van der Waals surface area contributed by atoms with Crippen molar-refractivity contribution in [3.8, 4) is 0 Å². The lowest BCUT2D eigenvalue weighted by Gasteiger charge is -2.28. The van der Waals surface area contributed by atoms with Crippen molar-refractivity contribution in [1.82, 2.24) is 0 Å². The molecule has 0 aliphatic heterocycles. The molecule has 0 bridgehead atoms. The Hall–Kier alpha value is -2.01. The van der Waals surface area contributed by atoms with Crippen LogP contribution in [0.25, 0.3) is 0 Å². The van der Waals surface area contributed by atoms with Crippen LogP contribution in [0.3, 0.4) is 0 Å². The highest BCUT2D eigenvalue weighted by Gasteiger charge is 2.24. The number of carbonyl (C=O) groups excluding carboxylic acids is 1. The summed E-state index contributed by atoms with van der Waals surface area (Å²) in [5.41, 5.74) is 2.30. The van der Waals surface area contributed by atoms with Crippen molar-refractivity contribution in [3.63, 3.8) is 0 Å². The number of nitrogens with one attached hydrogen (secondary N) is 1. The number of amides is 1. The van der Waals surface area contributed by atoms with Crippen molar-refractivity contribution in [2.24, 2.45) is 0 Å². The second-order valence-electron chi connectivity index (χ2n) is 7.14. The molecule has 2 aromatic rings. The van der Waals surface area contributed by atoms with Gasteiger partial charge in [0.25, 0.3) is 0 Å². The van der Waals surface area contributed by atoms with Gasteiger partial charge in [-0.15, -0.1) is 0 Å². The van der Waals surface area contributed by atoms with E-state index >= 15 is 0 Å². The van der Waals surface area contributed by atoms with Gasteiger partial charge in [-0.05, 0) is 66.9 Å². The molecule has 0 saturated carbocycles. The minimum atomic E-state index is -0.550. The van der Waals surface area contributed by atoms with E-state index in [0.29, 0.717) is 6.54 Å². The number of rotatable bonds is 6. The van der Waals surface area contributed by atoms with Gasteiger partial charge >= 0.3 is 6.09 Å². The summed E-state index contributed by atoms with van der Waals surface area (Å²) in [5.74, 6) is 0. The fraction of sp³-hybridized carbons (Fsp3) is 0.381. The summed E-state index contributed by atoms with van der Waals surface area (Å²) in [5, 5.41) is 3.36. The number of ether oxygens (including phenoxy) is 1. The zero-order valence-corrected chi connectivity index (χ0v) is 17.5. The van der Waals surface area contributed by atoms with Crippen LogP contribution in [0.1, 0.15) is 39.7 Å². The van der Waals surface area contributed by atoms with E-state index < -0.39 is 5.60 Å². The van der Waals surface area contributed by atoms with Crippen LogP contribution in [0.15, 0.2) is 53.0 Å². The minimum absolute atomic E-state index is 0.359. The molecule has 2 aromatic carbocycles. The van der Waals surface area contributed by atoms with Gasteiger partial charge in [-0.1, -0.05) is 37.3 Å². The molecule has 140 valence electrons. The molecule has 1 amide bonds.